The van der Waals surface area contributed by atoms with E-state index in [-0.39, 0.29) is 5.91 Å². The van der Waals surface area contributed by atoms with Gasteiger partial charge < -0.3 is 24.6 Å². The fourth-order valence-corrected chi connectivity index (χ4v) is 4.26. The Morgan fingerprint density at radius 1 is 0.943 bits per heavy atom. The molecule has 1 fully saturated rings. The summed E-state index contributed by atoms with van der Waals surface area (Å²) in [7, 11) is 5.30. The molecule has 0 bridgehead atoms. The van der Waals surface area contributed by atoms with Gasteiger partial charge in [0.2, 0.25) is 5.95 Å². The van der Waals surface area contributed by atoms with Crippen molar-refractivity contribution in [3.05, 3.63) is 66.4 Å². The molecular weight excluding hydrogens is 444 g/mol. The van der Waals surface area contributed by atoms with Gasteiger partial charge in [-0.2, -0.15) is 0 Å². The van der Waals surface area contributed by atoms with Gasteiger partial charge in [-0.1, -0.05) is 12.1 Å². The first-order valence-electron chi connectivity index (χ1n) is 11.5. The zero-order valence-electron chi connectivity index (χ0n) is 20.1. The van der Waals surface area contributed by atoms with E-state index in [0.29, 0.717) is 22.9 Å². The molecule has 1 amide bonds. The predicted molar refractivity (Wildman–Crippen MR) is 135 cm³/mol. The molecule has 1 aliphatic heterocycles. The third-order valence-corrected chi connectivity index (χ3v) is 6.27. The summed E-state index contributed by atoms with van der Waals surface area (Å²) in [5.41, 5.74) is 3.95. The van der Waals surface area contributed by atoms with Gasteiger partial charge in [0.1, 0.15) is 11.5 Å². The van der Waals surface area contributed by atoms with Crippen LogP contribution in [0.1, 0.15) is 10.4 Å². The zero-order valence-corrected chi connectivity index (χ0v) is 20.1. The molecule has 2 aromatic carbocycles. The van der Waals surface area contributed by atoms with Crippen LogP contribution in [0, 0.1) is 0 Å². The number of hydrogen-bond acceptors (Lipinski definition) is 7. The number of anilines is 2. The monoisotopic (exact) mass is 472 g/mol. The van der Waals surface area contributed by atoms with Crippen molar-refractivity contribution in [1.82, 2.24) is 24.4 Å². The van der Waals surface area contributed by atoms with E-state index in [9.17, 15) is 4.79 Å². The molecule has 180 valence electrons. The number of ether oxygens (including phenoxy) is 2. The van der Waals surface area contributed by atoms with Gasteiger partial charge >= 0.3 is 0 Å². The van der Waals surface area contributed by atoms with Crippen LogP contribution >= 0.6 is 0 Å². The molecule has 1 saturated heterocycles. The number of para-hydroxylation sites is 1. The van der Waals surface area contributed by atoms with Crippen LogP contribution in [0.4, 0.5) is 11.6 Å². The number of amides is 1. The van der Waals surface area contributed by atoms with Crippen molar-refractivity contribution in [2.45, 2.75) is 0 Å². The van der Waals surface area contributed by atoms with E-state index in [1.54, 1.807) is 32.5 Å². The first-order valence-corrected chi connectivity index (χ1v) is 11.5. The lowest BCUT2D eigenvalue weighted by atomic mass is 10.1. The molecule has 9 nitrogen and oxygen atoms in total. The minimum absolute atomic E-state index is 0.00871. The summed E-state index contributed by atoms with van der Waals surface area (Å²) in [5, 5.41) is 7.93. The first kappa shape index (κ1) is 22.7. The lowest BCUT2D eigenvalue weighted by Crippen LogP contribution is -2.47. The number of piperazine rings is 1. The van der Waals surface area contributed by atoms with Crippen LogP contribution in [0.25, 0.3) is 16.8 Å². The van der Waals surface area contributed by atoms with E-state index < -0.39 is 0 Å². The van der Waals surface area contributed by atoms with Gasteiger partial charge in [-0.05, 0) is 49.5 Å². The minimum Gasteiger partial charge on any atom is -0.496 e. The van der Waals surface area contributed by atoms with Crippen molar-refractivity contribution < 1.29 is 14.3 Å². The summed E-state index contributed by atoms with van der Waals surface area (Å²) in [6.07, 6.45) is 1.76. The van der Waals surface area contributed by atoms with Gasteiger partial charge in [0.05, 0.1) is 37.3 Å². The minimum atomic E-state index is 0.00871. The average Bonchev–Trinajstić information content (AvgIpc) is 3.32. The highest BCUT2D eigenvalue weighted by Crippen LogP contribution is 2.32. The Balaban J connectivity index is 1.42. The van der Waals surface area contributed by atoms with E-state index in [2.05, 4.69) is 22.2 Å². The molecule has 0 atom stereocenters. The molecule has 0 radical (unpaired) electrons. The number of carbonyl (C=O) groups excluding carboxylic acids is 1. The number of nitrogens with one attached hydrogen (secondary N) is 1. The zero-order chi connectivity index (χ0) is 24.4. The second-order valence-corrected chi connectivity index (χ2v) is 8.47. The third-order valence-electron chi connectivity index (χ3n) is 6.27. The van der Waals surface area contributed by atoms with Crippen molar-refractivity contribution in [3.63, 3.8) is 0 Å². The average molecular weight is 473 g/mol. The number of benzene rings is 2. The van der Waals surface area contributed by atoms with Crippen molar-refractivity contribution in [2.75, 3.05) is 52.8 Å². The van der Waals surface area contributed by atoms with Crippen molar-refractivity contribution in [1.29, 1.82) is 0 Å². The number of likely N-dealkylation sites (N-methyl/N-ethyl adjacent to an activating group) is 1. The van der Waals surface area contributed by atoms with Crippen molar-refractivity contribution in [2.24, 2.45) is 0 Å². The third kappa shape index (κ3) is 4.50. The van der Waals surface area contributed by atoms with Crippen LogP contribution in [0.15, 0.2) is 60.8 Å². The number of fused-ring (bicyclic) bond motifs is 1. The standard InChI is InChI=1S/C26H28N6O3/c1-30-12-14-31(15-13-30)25(33)18-8-10-21(24(16-18)35-3)28-26-27-17-19-9-11-22(32(19)29-26)20-6-4-5-7-23(20)34-2/h4-11,16-17H,12-15H2,1-3H3,(H,28,29). The summed E-state index contributed by atoms with van der Waals surface area (Å²) in [6, 6.07) is 17.2. The predicted octanol–water partition coefficient (Wildman–Crippen LogP) is 3.54. The summed E-state index contributed by atoms with van der Waals surface area (Å²) in [4.78, 5) is 21.5. The van der Waals surface area contributed by atoms with E-state index in [1.165, 1.54) is 0 Å². The molecule has 0 aliphatic carbocycles. The topological polar surface area (TPSA) is 84.2 Å². The number of nitrogens with zero attached hydrogens (tertiary/aromatic N) is 5. The fraction of sp³-hybridized carbons (Fsp3) is 0.269. The maximum atomic E-state index is 13.0. The van der Waals surface area contributed by atoms with Gasteiger partial charge in [-0.3, -0.25) is 4.79 Å². The molecule has 35 heavy (non-hydrogen) atoms. The molecule has 0 unspecified atom stereocenters. The number of rotatable bonds is 6. The molecule has 3 heterocycles. The van der Waals surface area contributed by atoms with E-state index in [4.69, 9.17) is 14.6 Å². The largest absolute Gasteiger partial charge is 0.496 e. The van der Waals surface area contributed by atoms with Gasteiger partial charge in [-0.25, -0.2) is 9.50 Å². The maximum Gasteiger partial charge on any atom is 0.254 e. The summed E-state index contributed by atoms with van der Waals surface area (Å²) < 4.78 is 12.9. The van der Waals surface area contributed by atoms with Crippen LogP contribution < -0.4 is 14.8 Å². The lowest BCUT2D eigenvalue weighted by molar-refractivity contribution is 0.0664. The number of methoxy groups -OCH3 is 2. The highest BCUT2D eigenvalue weighted by molar-refractivity contribution is 5.95. The Morgan fingerprint density at radius 3 is 2.49 bits per heavy atom. The number of carbonyl (C=O) groups is 1. The van der Waals surface area contributed by atoms with E-state index in [0.717, 1.165) is 48.7 Å². The van der Waals surface area contributed by atoms with Gasteiger partial charge in [0.25, 0.3) is 5.91 Å². The highest BCUT2D eigenvalue weighted by Gasteiger charge is 2.21. The second-order valence-electron chi connectivity index (χ2n) is 8.47. The van der Waals surface area contributed by atoms with Crippen LogP contribution in [-0.4, -0.2) is 77.8 Å². The van der Waals surface area contributed by atoms with E-state index >= 15 is 0 Å². The second kappa shape index (κ2) is 9.63. The van der Waals surface area contributed by atoms with Gasteiger partial charge in [0.15, 0.2) is 0 Å². The highest BCUT2D eigenvalue weighted by atomic mass is 16.5. The Labute approximate surface area is 203 Å². The maximum absolute atomic E-state index is 13.0. The summed E-state index contributed by atoms with van der Waals surface area (Å²) in [6.45, 7) is 3.19. The molecule has 4 aromatic rings. The SMILES string of the molecule is COc1cc(C(=O)N2CCN(C)CC2)ccc1Nc1ncc2ccc(-c3ccccc3OC)n2n1. The van der Waals surface area contributed by atoms with Gasteiger partial charge in [0, 0.05) is 37.3 Å². The van der Waals surface area contributed by atoms with Crippen molar-refractivity contribution in [3.8, 4) is 22.8 Å². The normalized spacial score (nSPS) is 14.2. The molecule has 1 aliphatic rings. The Kier molecular flexibility index (Phi) is 6.24. The van der Waals surface area contributed by atoms with Crippen molar-refractivity contribution >= 4 is 23.1 Å². The van der Waals surface area contributed by atoms with Crippen LogP contribution in [0.3, 0.4) is 0 Å². The molecular formula is C26H28N6O3. The van der Waals surface area contributed by atoms with Crippen LogP contribution in [0.5, 0.6) is 11.5 Å². The molecule has 0 spiro atoms. The fourth-order valence-electron chi connectivity index (χ4n) is 4.26. The van der Waals surface area contributed by atoms with Crippen LogP contribution in [0.2, 0.25) is 0 Å². The number of hydrogen-bond donors (Lipinski definition) is 1. The van der Waals surface area contributed by atoms with E-state index in [1.807, 2.05) is 51.9 Å². The summed E-state index contributed by atoms with van der Waals surface area (Å²) in [5.74, 6) is 1.73. The summed E-state index contributed by atoms with van der Waals surface area (Å²) >= 11 is 0. The molecule has 2 aromatic heterocycles. The molecule has 1 N–H and O–H groups in total. The van der Waals surface area contributed by atoms with Gasteiger partial charge in [-0.15, -0.1) is 5.10 Å². The smallest absolute Gasteiger partial charge is 0.254 e. The molecule has 0 saturated carbocycles. The molecule has 5 rings (SSSR count). The Bertz CT molecular complexity index is 1360. The first-order chi connectivity index (χ1) is 17.1. The Hall–Kier alpha value is -4.11. The van der Waals surface area contributed by atoms with Crippen LogP contribution in [-0.2, 0) is 0 Å². The lowest BCUT2D eigenvalue weighted by Gasteiger charge is -2.32. The number of aromatic nitrogens is 3. The Morgan fingerprint density at radius 2 is 1.71 bits per heavy atom. The molecule has 9 heteroatoms. The quantitative estimate of drug-likeness (QED) is 0.459.